The fourth-order valence-corrected chi connectivity index (χ4v) is 3.37. The summed E-state index contributed by atoms with van der Waals surface area (Å²) in [7, 11) is 0. The fourth-order valence-electron chi connectivity index (χ4n) is 2.88. The van der Waals surface area contributed by atoms with Gasteiger partial charge in [-0.05, 0) is 44.3 Å². The Labute approximate surface area is 128 Å². The van der Waals surface area contributed by atoms with E-state index in [0.717, 1.165) is 16.9 Å². The number of aryl methyl sites for hydroxylation is 1. The van der Waals surface area contributed by atoms with E-state index in [1.807, 2.05) is 18.6 Å². The molecule has 0 radical (unpaired) electrons. The highest BCUT2D eigenvalue weighted by molar-refractivity contribution is 9.10. The van der Waals surface area contributed by atoms with E-state index in [9.17, 15) is 0 Å². The summed E-state index contributed by atoms with van der Waals surface area (Å²) >= 11 is 3.63. The zero-order valence-electron chi connectivity index (χ0n) is 11.6. The molecule has 1 N–H and O–H groups in total. The quantitative estimate of drug-likeness (QED) is 0.924. The molecule has 1 unspecified atom stereocenters. The predicted molar refractivity (Wildman–Crippen MR) is 85.6 cm³/mol. The van der Waals surface area contributed by atoms with Crippen molar-refractivity contribution in [3.05, 3.63) is 41.3 Å². The lowest BCUT2D eigenvalue weighted by molar-refractivity contribution is 0.342. The van der Waals surface area contributed by atoms with Crippen molar-refractivity contribution < 1.29 is 0 Å². The highest BCUT2D eigenvalue weighted by Crippen LogP contribution is 2.28. The summed E-state index contributed by atoms with van der Waals surface area (Å²) in [5, 5.41) is 3.49. The maximum Gasteiger partial charge on any atom is 0.0950 e. The van der Waals surface area contributed by atoms with Gasteiger partial charge in [-0.3, -0.25) is 0 Å². The Morgan fingerprint density at radius 2 is 2.25 bits per heavy atom. The first-order valence-corrected chi connectivity index (χ1v) is 8.09. The molecule has 4 heteroatoms. The van der Waals surface area contributed by atoms with Crippen LogP contribution in [0.1, 0.15) is 19.3 Å². The fraction of sp³-hybridized carbons (Fsp3) is 0.438. The maximum atomic E-state index is 4.33. The first-order chi connectivity index (χ1) is 9.84. The number of imidazole rings is 1. The van der Waals surface area contributed by atoms with Crippen LogP contribution in [-0.2, 0) is 6.54 Å². The van der Waals surface area contributed by atoms with E-state index in [1.54, 1.807) is 0 Å². The topological polar surface area (TPSA) is 29.9 Å². The van der Waals surface area contributed by atoms with Crippen LogP contribution in [0.2, 0.25) is 0 Å². The summed E-state index contributed by atoms with van der Waals surface area (Å²) < 4.78 is 3.40. The molecule has 0 bridgehead atoms. The van der Waals surface area contributed by atoms with Crippen LogP contribution in [0.25, 0.3) is 11.3 Å². The number of halogens is 1. The number of nitrogens with one attached hydrogen (secondary N) is 1. The van der Waals surface area contributed by atoms with E-state index in [1.165, 1.54) is 43.6 Å². The highest BCUT2D eigenvalue weighted by atomic mass is 79.9. The molecule has 3 nitrogen and oxygen atoms in total. The summed E-state index contributed by atoms with van der Waals surface area (Å²) in [5.41, 5.74) is 2.41. The van der Waals surface area contributed by atoms with Gasteiger partial charge in [0, 0.05) is 16.6 Å². The average Bonchev–Trinajstić information content (AvgIpc) is 2.95. The lowest BCUT2D eigenvalue weighted by Crippen LogP contribution is -2.30. The largest absolute Gasteiger partial charge is 0.331 e. The Bertz CT molecular complexity index is 558. The van der Waals surface area contributed by atoms with Crippen LogP contribution in [0.15, 0.2) is 41.3 Å². The van der Waals surface area contributed by atoms with Crippen molar-refractivity contribution in [1.29, 1.82) is 0 Å². The van der Waals surface area contributed by atoms with Crippen molar-refractivity contribution in [2.75, 3.05) is 13.1 Å². The Morgan fingerprint density at radius 3 is 3.05 bits per heavy atom. The summed E-state index contributed by atoms with van der Waals surface area (Å²) in [4.78, 5) is 4.33. The molecule has 1 aliphatic rings. The molecule has 106 valence electrons. The van der Waals surface area contributed by atoms with Crippen LogP contribution in [-0.4, -0.2) is 22.6 Å². The number of hydrogen-bond acceptors (Lipinski definition) is 2. The average molecular weight is 334 g/mol. The third kappa shape index (κ3) is 3.13. The van der Waals surface area contributed by atoms with Crippen LogP contribution in [0.3, 0.4) is 0 Å². The lowest BCUT2D eigenvalue weighted by atomic mass is 9.96. The van der Waals surface area contributed by atoms with Crippen LogP contribution in [0.5, 0.6) is 0 Å². The molecule has 1 saturated heterocycles. The zero-order chi connectivity index (χ0) is 13.8. The van der Waals surface area contributed by atoms with Gasteiger partial charge in [0.25, 0.3) is 0 Å². The molecule has 2 heterocycles. The van der Waals surface area contributed by atoms with Crippen molar-refractivity contribution in [3.63, 3.8) is 0 Å². The van der Waals surface area contributed by atoms with Gasteiger partial charge >= 0.3 is 0 Å². The molecule has 1 aliphatic heterocycles. The standard InChI is InChI=1S/C16H20BrN3/c17-15-6-2-1-5-14(15)16-11-19-12-20(16)9-7-13-4-3-8-18-10-13/h1-2,5-6,11-13,18H,3-4,7-10H2. The van der Waals surface area contributed by atoms with E-state index >= 15 is 0 Å². The molecule has 0 saturated carbocycles. The van der Waals surface area contributed by atoms with Crippen LogP contribution >= 0.6 is 15.9 Å². The summed E-state index contributed by atoms with van der Waals surface area (Å²) in [5.74, 6) is 0.804. The van der Waals surface area contributed by atoms with Gasteiger partial charge in [-0.25, -0.2) is 4.98 Å². The van der Waals surface area contributed by atoms with Crippen LogP contribution < -0.4 is 5.32 Å². The minimum atomic E-state index is 0.804. The SMILES string of the molecule is Brc1ccccc1-c1cncn1CCC1CCCNC1. The van der Waals surface area contributed by atoms with Crippen molar-refractivity contribution in [2.24, 2.45) is 5.92 Å². The Hall–Kier alpha value is -1.13. The number of benzene rings is 1. The van der Waals surface area contributed by atoms with E-state index in [2.05, 4.69) is 49.0 Å². The van der Waals surface area contributed by atoms with Gasteiger partial charge in [-0.15, -0.1) is 0 Å². The molecule has 1 aromatic carbocycles. The van der Waals surface area contributed by atoms with E-state index in [4.69, 9.17) is 0 Å². The predicted octanol–water partition coefficient (Wildman–Crippen LogP) is 3.70. The number of nitrogens with zero attached hydrogens (tertiary/aromatic N) is 2. The molecule has 1 aromatic heterocycles. The van der Waals surface area contributed by atoms with Crippen LogP contribution in [0, 0.1) is 5.92 Å². The van der Waals surface area contributed by atoms with Crippen molar-refractivity contribution >= 4 is 15.9 Å². The summed E-state index contributed by atoms with van der Waals surface area (Å²) in [6.07, 6.45) is 7.79. The van der Waals surface area contributed by atoms with E-state index in [0.29, 0.717) is 0 Å². The molecule has 0 amide bonds. The second-order valence-corrected chi connectivity index (χ2v) is 6.31. The molecule has 3 rings (SSSR count). The number of hydrogen-bond donors (Lipinski definition) is 1. The van der Waals surface area contributed by atoms with Gasteiger partial charge in [0.2, 0.25) is 0 Å². The van der Waals surface area contributed by atoms with Gasteiger partial charge in [0.1, 0.15) is 0 Å². The van der Waals surface area contributed by atoms with Gasteiger partial charge in [-0.2, -0.15) is 0 Å². The minimum Gasteiger partial charge on any atom is -0.331 e. The number of rotatable bonds is 4. The van der Waals surface area contributed by atoms with Crippen LogP contribution in [0.4, 0.5) is 0 Å². The molecule has 0 aliphatic carbocycles. The molecule has 2 aromatic rings. The maximum absolute atomic E-state index is 4.33. The second-order valence-electron chi connectivity index (χ2n) is 5.45. The third-order valence-electron chi connectivity index (χ3n) is 4.04. The van der Waals surface area contributed by atoms with Gasteiger partial charge in [0.15, 0.2) is 0 Å². The Balaban J connectivity index is 1.72. The highest BCUT2D eigenvalue weighted by Gasteiger charge is 2.14. The lowest BCUT2D eigenvalue weighted by Gasteiger charge is -2.23. The molecule has 20 heavy (non-hydrogen) atoms. The zero-order valence-corrected chi connectivity index (χ0v) is 13.1. The molecule has 1 atom stereocenters. The number of piperidine rings is 1. The molecule has 0 spiro atoms. The van der Waals surface area contributed by atoms with Crippen molar-refractivity contribution in [2.45, 2.75) is 25.8 Å². The minimum absolute atomic E-state index is 0.804. The summed E-state index contributed by atoms with van der Waals surface area (Å²) in [6.45, 7) is 3.39. The smallest absolute Gasteiger partial charge is 0.0950 e. The summed E-state index contributed by atoms with van der Waals surface area (Å²) in [6, 6.07) is 8.34. The third-order valence-corrected chi connectivity index (χ3v) is 4.73. The van der Waals surface area contributed by atoms with E-state index < -0.39 is 0 Å². The molecule has 1 fully saturated rings. The Morgan fingerprint density at radius 1 is 1.35 bits per heavy atom. The van der Waals surface area contributed by atoms with Gasteiger partial charge in [0.05, 0.1) is 18.2 Å². The van der Waals surface area contributed by atoms with E-state index in [-0.39, 0.29) is 0 Å². The van der Waals surface area contributed by atoms with Crippen molar-refractivity contribution in [3.8, 4) is 11.3 Å². The van der Waals surface area contributed by atoms with Gasteiger partial charge in [-0.1, -0.05) is 34.1 Å². The van der Waals surface area contributed by atoms with Crippen molar-refractivity contribution in [1.82, 2.24) is 14.9 Å². The molecular weight excluding hydrogens is 314 g/mol. The first kappa shape index (κ1) is 13.8. The molecular formula is C16H20BrN3. The first-order valence-electron chi connectivity index (χ1n) is 7.30. The monoisotopic (exact) mass is 333 g/mol. The Kier molecular flexibility index (Phi) is 4.53. The number of aromatic nitrogens is 2. The normalized spacial score (nSPS) is 19.1. The second kappa shape index (κ2) is 6.55. The van der Waals surface area contributed by atoms with Gasteiger partial charge < -0.3 is 9.88 Å².